The Morgan fingerprint density at radius 1 is 1.14 bits per heavy atom. The van der Waals surface area contributed by atoms with E-state index in [4.69, 9.17) is 4.74 Å². The summed E-state index contributed by atoms with van der Waals surface area (Å²) in [7, 11) is 1.74. The van der Waals surface area contributed by atoms with Gasteiger partial charge in [0.2, 0.25) is 5.91 Å². The average Bonchev–Trinajstić information content (AvgIpc) is 3.62. The Bertz CT molecular complexity index is 1460. The minimum atomic E-state index is -2.71. The Hall–Kier alpha value is -3.93. The number of ether oxygens (including phenoxy) is 1. The summed E-state index contributed by atoms with van der Waals surface area (Å²) in [6.07, 6.45) is 2.77. The number of hydrogen-bond acceptors (Lipinski definition) is 8. The van der Waals surface area contributed by atoms with Crippen LogP contribution < -0.4 is 15.5 Å². The molecule has 1 saturated carbocycles. The van der Waals surface area contributed by atoms with Crippen molar-refractivity contribution in [3.63, 3.8) is 0 Å². The molecule has 0 radical (unpaired) electrons. The average molecular weight is 495 g/mol. The van der Waals surface area contributed by atoms with E-state index in [2.05, 4.69) is 35.6 Å². The third-order valence-corrected chi connectivity index (χ3v) is 6.84. The van der Waals surface area contributed by atoms with E-state index >= 15 is 0 Å². The first-order valence-corrected chi connectivity index (χ1v) is 11.7. The number of anilines is 3. The molecule has 4 aromatic rings. The van der Waals surface area contributed by atoms with Crippen molar-refractivity contribution in [2.45, 2.75) is 19.3 Å². The van der Waals surface area contributed by atoms with Crippen molar-refractivity contribution in [1.82, 2.24) is 24.6 Å². The summed E-state index contributed by atoms with van der Waals surface area (Å²) < 4.78 is 33.9. The number of fused-ring (bicyclic) bond motifs is 2. The van der Waals surface area contributed by atoms with Crippen LogP contribution in [-0.2, 0) is 9.53 Å². The van der Waals surface area contributed by atoms with Gasteiger partial charge in [-0.2, -0.15) is 0 Å². The number of hydrogen-bond donors (Lipinski definition) is 2. The lowest BCUT2D eigenvalue weighted by molar-refractivity contribution is -0.126. The fourth-order valence-corrected chi connectivity index (χ4v) is 4.50. The van der Waals surface area contributed by atoms with Crippen LogP contribution in [0.2, 0.25) is 0 Å². The molecule has 0 bridgehead atoms. The van der Waals surface area contributed by atoms with Crippen LogP contribution in [0.3, 0.4) is 0 Å². The summed E-state index contributed by atoms with van der Waals surface area (Å²) in [5.41, 5.74) is 0.712. The van der Waals surface area contributed by atoms with E-state index < -0.39 is 17.7 Å². The predicted octanol–water partition coefficient (Wildman–Crippen LogP) is 3.20. The molecule has 0 aromatic carbocycles. The first-order chi connectivity index (χ1) is 17.5. The van der Waals surface area contributed by atoms with Gasteiger partial charge in [-0.25, -0.2) is 28.2 Å². The molecule has 2 N–H and O–H groups in total. The molecule has 6 rings (SSSR count). The lowest BCUT2D eigenvalue weighted by Crippen LogP contribution is -2.36. The Kier molecular flexibility index (Phi) is 5.40. The van der Waals surface area contributed by atoms with Gasteiger partial charge in [-0.3, -0.25) is 4.79 Å². The molecule has 10 nitrogen and oxygen atoms in total. The second kappa shape index (κ2) is 8.63. The monoisotopic (exact) mass is 494 g/mol. The summed E-state index contributed by atoms with van der Waals surface area (Å²) in [5, 5.41) is 11.7. The molecule has 0 atom stereocenters. The third kappa shape index (κ3) is 3.77. The fourth-order valence-electron chi connectivity index (χ4n) is 4.50. The van der Waals surface area contributed by atoms with Crippen molar-refractivity contribution in [2.75, 3.05) is 48.9 Å². The van der Waals surface area contributed by atoms with Crippen LogP contribution in [0.1, 0.15) is 12.8 Å². The maximum Gasteiger partial charge on any atom is 0.252 e. The highest BCUT2D eigenvalue weighted by molar-refractivity contribution is 6.03. The highest BCUT2D eigenvalue weighted by atomic mass is 19.3. The Labute approximate surface area is 204 Å². The van der Waals surface area contributed by atoms with Crippen LogP contribution in [-0.4, -0.2) is 70.2 Å². The number of halogens is 2. The van der Waals surface area contributed by atoms with E-state index in [1.807, 2.05) is 18.3 Å². The molecule has 1 saturated heterocycles. The third-order valence-electron chi connectivity index (χ3n) is 6.84. The largest absolute Gasteiger partial charge is 0.378 e. The zero-order valence-corrected chi connectivity index (χ0v) is 19.5. The van der Waals surface area contributed by atoms with Gasteiger partial charge in [0.1, 0.15) is 17.1 Å². The van der Waals surface area contributed by atoms with Gasteiger partial charge < -0.3 is 20.3 Å². The minimum absolute atomic E-state index is 0.167. The number of rotatable bonds is 6. The van der Waals surface area contributed by atoms with Crippen LogP contribution in [0.5, 0.6) is 0 Å². The number of carbonyl (C=O) groups excluding carboxylic acids is 1. The lowest BCUT2D eigenvalue weighted by atomic mass is 10.1. The molecule has 36 heavy (non-hydrogen) atoms. The number of morpholine rings is 1. The Balaban J connectivity index is 1.39. The van der Waals surface area contributed by atoms with Crippen molar-refractivity contribution in [1.29, 1.82) is 0 Å². The van der Waals surface area contributed by atoms with Gasteiger partial charge in [0.15, 0.2) is 11.5 Å². The molecule has 2 aliphatic rings. The second-order valence-corrected chi connectivity index (χ2v) is 9.02. The van der Waals surface area contributed by atoms with E-state index in [9.17, 15) is 13.6 Å². The molecular formula is C24H24F2N8O2. The van der Waals surface area contributed by atoms with E-state index in [0.717, 1.165) is 18.8 Å². The van der Waals surface area contributed by atoms with E-state index in [1.54, 1.807) is 30.0 Å². The number of pyridine rings is 3. The molecule has 0 unspecified atom stereocenters. The minimum Gasteiger partial charge on any atom is -0.378 e. The molecule has 1 aliphatic heterocycles. The first-order valence-electron chi connectivity index (χ1n) is 11.7. The Morgan fingerprint density at radius 2 is 1.94 bits per heavy atom. The van der Waals surface area contributed by atoms with Gasteiger partial charge in [-0.05, 0) is 31.0 Å². The Morgan fingerprint density at radius 3 is 2.67 bits per heavy atom. The smallest absolute Gasteiger partial charge is 0.252 e. The van der Waals surface area contributed by atoms with Crippen molar-refractivity contribution in [2.24, 2.45) is 5.41 Å². The molecule has 12 heteroatoms. The summed E-state index contributed by atoms with van der Waals surface area (Å²) in [5.74, 6) is 0.510. The summed E-state index contributed by atoms with van der Waals surface area (Å²) in [6.45, 7) is 2.98. The van der Waals surface area contributed by atoms with E-state index in [0.29, 0.717) is 46.8 Å². The number of amides is 1. The van der Waals surface area contributed by atoms with Crippen molar-refractivity contribution < 1.29 is 18.3 Å². The number of carbonyl (C=O) groups is 1. The zero-order chi connectivity index (χ0) is 24.9. The van der Waals surface area contributed by atoms with Gasteiger partial charge in [0, 0.05) is 48.9 Å². The maximum atomic E-state index is 13.4. The number of aromatic nitrogens is 5. The summed E-state index contributed by atoms with van der Waals surface area (Å²) in [4.78, 5) is 28.2. The first kappa shape index (κ1) is 22.5. The SMILES string of the molecule is CNc1ncc(-c2nc3ccc(N4CCOCC4)cn3n2)c2cc(NC(=O)C3(C(F)F)CC3)ncc12. The van der Waals surface area contributed by atoms with E-state index in [-0.39, 0.29) is 18.7 Å². The normalized spacial score (nSPS) is 17.1. The van der Waals surface area contributed by atoms with E-state index in [1.165, 1.54) is 0 Å². The van der Waals surface area contributed by atoms with Gasteiger partial charge >= 0.3 is 0 Å². The predicted molar refractivity (Wildman–Crippen MR) is 130 cm³/mol. The van der Waals surface area contributed by atoms with Crippen molar-refractivity contribution in [3.05, 3.63) is 36.8 Å². The number of nitrogens with one attached hydrogen (secondary N) is 2. The molecular weight excluding hydrogens is 470 g/mol. The quantitative estimate of drug-likeness (QED) is 0.421. The number of nitrogens with zero attached hydrogens (tertiary/aromatic N) is 6. The molecule has 1 aliphatic carbocycles. The topological polar surface area (TPSA) is 110 Å². The molecule has 2 fully saturated rings. The van der Waals surface area contributed by atoms with Crippen LogP contribution >= 0.6 is 0 Å². The molecule has 1 amide bonds. The van der Waals surface area contributed by atoms with Gasteiger partial charge in [0.05, 0.1) is 25.1 Å². The maximum absolute atomic E-state index is 13.4. The molecule has 0 spiro atoms. The summed E-state index contributed by atoms with van der Waals surface area (Å²) in [6, 6.07) is 5.57. The number of alkyl halides is 2. The van der Waals surface area contributed by atoms with Crippen LogP contribution in [0.15, 0.2) is 36.8 Å². The summed E-state index contributed by atoms with van der Waals surface area (Å²) >= 11 is 0. The second-order valence-electron chi connectivity index (χ2n) is 9.02. The van der Waals surface area contributed by atoms with Crippen molar-refractivity contribution in [3.8, 4) is 11.4 Å². The van der Waals surface area contributed by atoms with Crippen molar-refractivity contribution >= 4 is 39.6 Å². The van der Waals surface area contributed by atoms with Crippen LogP contribution in [0.4, 0.5) is 26.1 Å². The fraction of sp³-hybridized carbons (Fsp3) is 0.375. The van der Waals surface area contributed by atoms with Crippen LogP contribution in [0, 0.1) is 5.41 Å². The molecule has 186 valence electrons. The van der Waals surface area contributed by atoms with Gasteiger partial charge in [-0.15, -0.1) is 5.10 Å². The highest BCUT2D eigenvalue weighted by Crippen LogP contribution is 2.51. The van der Waals surface area contributed by atoms with Gasteiger partial charge in [-0.1, -0.05) is 0 Å². The molecule has 4 aromatic heterocycles. The van der Waals surface area contributed by atoms with Crippen LogP contribution in [0.25, 0.3) is 27.8 Å². The zero-order valence-electron chi connectivity index (χ0n) is 19.5. The standard InChI is InChI=1S/C24H24F2N8O2/c1-27-20-16-11-28-18(30-23(35)24(4-5-24)22(25)26)10-15(16)17(12-29-20)21-31-19-3-2-14(13-34(19)32-21)33-6-8-36-9-7-33/h2-3,10-13,22H,4-9H2,1H3,(H,27,29)(H,28,30,35). The highest BCUT2D eigenvalue weighted by Gasteiger charge is 2.57. The molecule has 5 heterocycles. The van der Waals surface area contributed by atoms with Gasteiger partial charge in [0.25, 0.3) is 6.43 Å². The lowest BCUT2D eigenvalue weighted by Gasteiger charge is -2.28.